The number of benzene rings is 2. The Balaban J connectivity index is 1.45. The molecular weight excluding hydrogens is 396 g/mol. The summed E-state index contributed by atoms with van der Waals surface area (Å²) < 4.78 is 27.4. The van der Waals surface area contributed by atoms with Gasteiger partial charge in [-0.2, -0.15) is 4.31 Å². The Labute approximate surface area is 179 Å². The molecule has 0 saturated carbocycles. The van der Waals surface area contributed by atoms with Gasteiger partial charge in [-0.05, 0) is 68.2 Å². The van der Waals surface area contributed by atoms with Gasteiger partial charge in [-0.3, -0.25) is 4.79 Å². The van der Waals surface area contributed by atoms with E-state index in [4.69, 9.17) is 0 Å². The van der Waals surface area contributed by atoms with Crippen molar-refractivity contribution < 1.29 is 13.2 Å². The van der Waals surface area contributed by atoms with Gasteiger partial charge in [0.05, 0.1) is 4.90 Å². The Kier molecular flexibility index (Phi) is 6.25. The molecule has 4 rings (SSSR count). The van der Waals surface area contributed by atoms with E-state index in [0.29, 0.717) is 24.6 Å². The first-order chi connectivity index (χ1) is 14.4. The fraction of sp³-hybridized carbons (Fsp3) is 0.458. The molecule has 160 valence electrons. The lowest BCUT2D eigenvalue weighted by Crippen LogP contribution is -2.39. The topological polar surface area (TPSA) is 57.7 Å². The molecule has 0 aromatic heterocycles. The fourth-order valence-corrected chi connectivity index (χ4v) is 6.07. The van der Waals surface area contributed by atoms with Crippen LogP contribution in [-0.2, 0) is 16.4 Å². The average molecular weight is 427 g/mol. The monoisotopic (exact) mass is 426 g/mol. The van der Waals surface area contributed by atoms with Gasteiger partial charge >= 0.3 is 0 Å². The van der Waals surface area contributed by atoms with Gasteiger partial charge < -0.3 is 4.90 Å². The van der Waals surface area contributed by atoms with Gasteiger partial charge in [0.2, 0.25) is 10.0 Å². The van der Waals surface area contributed by atoms with Crippen LogP contribution in [0.5, 0.6) is 0 Å². The zero-order chi connectivity index (χ0) is 21.1. The zero-order valence-corrected chi connectivity index (χ0v) is 18.4. The average Bonchev–Trinajstić information content (AvgIpc) is 3.31. The van der Waals surface area contributed by atoms with Crippen molar-refractivity contribution >= 4 is 15.9 Å². The van der Waals surface area contributed by atoms with E-state index in [1.165, 1.54) is 9.87 Å². The molecule has 0 spiro atoms. The molecule has 2 saturated heterocycles. The Bertz CT molecular complexity index is 990. The molecule has 2 aromatic carbocycles. The fourth-order valence-electron chi connectivity index (χ4n) is 4.53. The summed E-state index contributed by atoms with van der Waals surface area (Å²) in [6.07, 6.45) is 4.80. The second kappa shape index (κ2) is 8.90. The number of sulfonamides is 1. The summed E-state index contributed by atoms with van der Waals surface area (Å²) in [5.41, 5.74) is 2.68. The van der Waals surface area contributed by atoms with Gasteiger partial charge in [-0.15, -0.1) is 0 Å². The maximum Gasteiger partial charge on any atom is 0.254 e. The number of hydrogen-bond acceptors (Lipinski definition) is 3. The molecule has 0 atom stereocenters. The molecule has 0 bridgehead atoms. The van der Waals surface area contributed by atoms with Crippen LogP contribution in [0.3, 0.4) is 0 Å². The third kappa shape index (κ3) is 4.44. The van der Waals surface area contributed by atoms with Gasteiger partial charge in [0.1, 0.15) is 0 Å². The lowest BCUT2D eigenvalue weighted by Gasteiger charge is -2.32. The quantitative estimate of drug-likeness (QED) is 0.729. The van der Waals surface area contributed by atoms with Crippen molar-refractivity contribution in [2.75, 3.05) is 26.2 Å². The van der Waals surface area contributed by atoms with Gasteiger partial charge in [0.25, 0.3) is 5.91 Å². The summed E-state index contributed by atoms with van der Waals surface area (Å²) in [6, 6.07) is 15.5. The minimum absolute atomic E-state index is 0.0517. The second-order valence-electron chi connectivity index (χ2n) is 8.51. The molecule has 2 aliphatic heterocycles. The van der Waals surface area contributed by atoms with Crippen molar-refractivity contribution in [1.82, 2.24) is 9.21 Å². The van der Waals surface area contributed by atoms with E-state index >= 15 is 0 Å². The molecule has 0 N–H and O–H groups in total. The molecule has 6 heteroatoms. The van der Waals surface area contributed by atoms with E-state index in [-0.39, 0.29) is 10.8 Å². The Morgan fingerprint density at radius 2 is 1.63 bits per heavy atom. The Hall–Kier alpha value is -2.18. The number of carbonyl (C=O) groups is 1. The molecule has 1 amide bonds. The maximum atomic E-state index is 13.2. The van der Waals surface area contributed by atoms with Crippen molar-refractivity contribution in [2.45, 2.75) is 43.9 Å². The van der Waals surface area contributed by atoms with Crippen LogP contribution in [0.4, 0.5) is 0 Å². The molecule has 5 nitrogen and oxygen atoms in total. The van der Waals surface area contributed by atoms with Crippen LogP contribution < -0.4 is 0 Å². The Morgan fingerprint density at radius 3 is 2.30 bits per heavy atom. The third-order valence-electron chi connectivity index (χ3n) is 6.41. The first-order valence-corrected chi connectivity index (χ1v) is 12.3. The van der Waals surface area contributed by atoms with E-state index in [9.17, 15) is 13.2 Å². The molecule has 2 aromatic rings. The number of rotatable bonds is 5. The van der Waals surface area contributed by atoms with Gasteiger partial charge in [-0.25, -0.2) is 8.42 Å². The molecule has 0 radical (unpaired) electrons. The minimum atomic E-state index is -3.52. The number of aryl methyl sites for hydroxylation is 1. The van der Waals surface area contributed by atoms with E-state index in [1.807, 2.05) is 17.9 Å². The van der Waals surface area contributed by atoms with Crippen LogP contribution in [0, 0.1) is 12.8 Å². The number of nitrogens with zero attached hydrogens (tertiary/aromatic N) is 2. The number of hydrogen-bond donors (Lipinski definition) is 0. The Morgan fingerprint density at radius 1 is 0.967 bits per heavy atom. The molecule has 0 aliphatic carbocycles. The largest absolute Gasteiger partial charge is 0.339 e. The van der Waals surface area contributed by atoms with Crippen molar-refractivity contribution in [1.29, 1.82) is 0 Å². The van der Waals surface area contributed by atoms with Crippen LogP contribution in [0.1, 0.15) is 47.2 Å². The second-order valence-corrected chi connectivity index (χ2v) is 10.5. The van der Waals surface area contributed by atoms with Crippen molar-refractivity contribution in [3.05, 3.63) is 65.2 Å². The van der Waals surface area contributed by atoms with E-state index in [2.05, 4.69) is 24.3 Å². The van der Waals surface area contributed by atoms with Crippen LogP contribution in [-0.4, -0.2) is 49.7 Å². The lowest BCUT2D eigenvalue weighted by atomic mass is 9.90. The number of carbonyl (C=O) groups excluding carboxylic acids is 1. The highest BCUT2D eigenvalue weighted by atomic mass is 32.2. The normalized spacial score (nSPS) is 18.6. The molecular formula is C24H30N2O3S. The molecule has 2 aliphatic rings. The predicted molar refractivity (Wildman–Crippen MR) is 118 cm³/mol. The first kappa shape index (κ1) is 21.1. The highest BCUT2D eigenvalue weighted by Gasteiger charge is 2.29. The summed E-state index contributed by atoms with van der Waals surface area (Å²) in [7, 11) is -3.52. The highest BCUT2D eigenvalue weighted by Crippen LogP contribution is 2.26. The number of amides is 1. The molecule has 0 unspecified atom stereocenters. The predicted octanol–water partition coefficient (Wildman–Crippen LogP) is 3.87. The maximum absolute atomic E-state index is 13.2. The van der Waals surface area contributed by atoms with Crippen LogP contribution >= 0.6 is 0 Å². The van der Waals surface area contributed by atoms with E-state index < -0.39 is 10.0 Å². The standard InChI is InChI=1S/C24H30N2O3S/c1-19-9-10-22(30(28,29)26-13-5-6-14-26)18-23(19)24(27)25-15-11-21(12-16-25)17-20-7-3-2-4-8-20/h2-4,7-10,18,21H,5-6,11-17H2,1H3. The van der Waals surface area contributed by atoms with Crippen LogP contribution in [0.15, 0.2) is 53.4 Å². The highest BCUT2D eigenvalue weighted by molar-refractivity contribution is 7.89. The van der Waals surface area contributed by atoms with Gasteiger partial charge in [0.15, 0.2) is 0 Å². The summed E-state index contributed by atoms with van der Waals surface area (Å²) in [6.45, 7) is 4.45. The summed E-state index contributed by atoms with van der Waals surface area (Å²) >= 11 is 0. The third-order valence-corrected chi connectivity index (χ3v) is 8.31. The first-order valence-electron chi connectivity index (χ1n) is 10.9. The summed E-state index contributed by atoms with van der Waals surface area (Å²) in [5.74, 6) is 0.531. The van der Waals surface area contributed by atoms with Crippen molar-refractivity contribution in [2.24, 2.45) is 5.92 Å². The van der Waals surface area contributed by atoms with Crippen LogP contribution in [0.25, 0.3) is 0 Å². The number of piperidine rings is 1. The smallest absolute Gasteiger partial charge is 0.254 e. The number of likely N-dealkylation sites (tertiary alicyclic amines) is 1. The van der Waals surface area contributed by atoms with Gasteiger partial charge in [0, 0.05) is 31.7 Å². The van der Waals surface area contributed by atoms with E-state index in [1.54, 1.807) is 18.2 Å². The zero-order valence-electron chi connectivity index (χ0n) is 17.6. The van der Waals surface area contributed by atoms with Crippen molar-refractivity contribution in [3.8, 4) is 0 Å². The molecule has 30 heavy (non-hydrogen) atoms. The van der Waals surface area contributed by atoms with Gasteiger partial charge in [-0.1, -0.05) is 36.4 Å². The minimum Gasteiger partial charge on any atom is -0.339 e. The SMILES string of the molecule is Cc1ccc(S(=O)(=O)N2CCCC2)cc1C(=O)N1CCC(Cc2ccccc2)CC1. The summed E-state index contributed by atoms with van der Waals surface area (Å²) in [4.78, 5) is 15.3. The molecule has 2 heterocycles. The van der Waals surface area contributed by atoms with Crippen molar-refractivity contribution in [3.63, 3.8) is 0 Å². The van der Waals surface area contributed by atoms with Crippen LogP contribution in [0.2, 0.25) is 0 Å². The van der Waals surface area contributed by atoms with E-state index in [0.717, 1.165) is 50.8 Å². The molecule has 2 fully saturated rings. The lowest BCUT2D eigenvalue weighted by molar-refractivity contribution is 0.0689. The summed E-state index contributed by atoms with van der Waals surface area (Å²) in [5, 5.41) is 0.